The van der Waals surface area contributed by atoms with Gasteiger partial charge in [0.1, 0.15) is 0 Å². The number of nitrogens with one attached hydrogen (secondary N) is 1. The minimum Gasteiger partial charge on any atom is -0.379 e. The molecule has 0 aliphatic rings. The van der Waals surface area contributed by atoms with Gasteiger partial charge >= 0.3 is 0 Å². The molecule has 1 aromatic rings. The maximum Gasteiger partial charge on any atom is 0.230 e. The molecule has 0 aliphatic heterocycles. The van der Waals surface area contributed by atoms with Crippen molar-refractivity contribution in [2.45, 2.75) is 13.8 Å². The van der Waals surface area contributed by atoms with E-state index in [9.17, 15) is 0 Å². The lowest BCUT2D eigenvalue weighted by Gasteiger charge is -2.12. The number of halogens is 1. The molecule has 0 bridgehead atoms. The van der Waals surface area contributed by atoms with Crippen LogP contribution in [0.4, 0.5) is 11.9 Å². The quantitative estimate of drug-likeness (QED) is 0.763. The third-order valence-corrected chi connectivity index (χ3v) is 2.15. The number of nitrogens with zero attached hydrogens (tertiary/aromatic N) is 4. The molecule has 1 N–H and O–H groups in total. The summed E-state index contributed by atoms with van der Waals surface area (Å²) in [6.45, 7) is 6.23. The van der Waals surface area contributed by atoms with E-state index < -0.39 is 0 Å². The molecule has 0 amide bonds. The topological polar surface area (TPSA) is 63.2 Å². The molecule has 0 spiro atoms. The Morgan fingerprint density at radius 1 is 1.28 bits per heavy atom. The molecule has 18 heavy (non-hydrogen) atoms. The summed E-state index contributed by atoms with van der Waals surface area (Å²) in [4.78, 5) is 14.0. The van der Waals surface area contributed by atoms with Crippen LogP contribution >= 0.6 is 11.6 Å². The largest absolute Gasteiger partial charge is 0.379 e. The fourth-order valence-corrected chi connectivity index (χ4v) is 1.33. The number of ether oxygens (including phenoxy) is 1. The molecule has 1 aromatic heterocycles. The SMILES string of the molecule is CC(C)COCCNc1nc(Cl)nc(N(C)C)n1. The lowest BCUT2D eigenvalue weighted by atomic mass is 10.2. The van der Waals surface area contributed by atoms with Crippen LogP contribution in [0, 0.1) is 5.92 Å². The Kier molecular flexibility index (Phi) is 6.07. The second-order valence-corrected chi connectivity index (χ2v) is 4.86. The highest BCUT2D eigenvalue weighted by atomic mass is 35.5. The number of aromatic nitrogens is 3. The van der Waals surface area contributed by atoms with E-state index in [4.69, 9.17) is 16.3 Å². The van der Waals surface area contributed by atoms with Gasteiger partial charge < -0.3 is 15.0 Å². The highest BCUT2D eigenvalue weighted by Crippen LogP contribution is 2.10. The summed E-state index contributed by atoms with van der Waals surface area (Å²) >= 11 is 5.82. The van der Waals surface area contributed by atoms with Crippen molar-refractivity contribution in [1.82, 2.24) is 15.0 Å². The summed E-state index contributed by atoms with van der Waals surface area (Å²) in [5.41, 5.74) is 0. The Balaban J connectivity index is 2.42. The summed E-state index contributed by atoms with van der Waals surface area (Å²) in [6, 6.07) is 0. The Labute approximate surface area is 113 Å². The highest BCUT2D eigenvalue weighted by molar-refractivity contribution is 6.28. The number of rotatable bonds is 7. The summed E-state index contributed by atoms with van der Waals surface area (Å²) in [7, 11) is 3.70. The summed E-state index contributed by atoms with van der Waals surface area (Å²) in [5, 5.41) is 3.24. The molecule has 0 radical (unpaired) electrons. The van der Waals surface area contributed by atoms with Gasteiger partial charge in [0, 0.05) is 27.2 Å². The normalized spacial score (nSPS) is 10.8. The zero-order chi connectivity index (χ0) is 13.5. The predicted molar refractivity (Wildman–Crippen MR) is 73.3 cm³/mol. The van der Waals surface area contributed by atoms with Gasteiger partial charge in [-0.05, 0) is 17.5 Å². The molecule has 0 fully saturated rings. The molecular formula is C11H20ClN5O. The van der Waals surface area contributed by atoms with Crippen molar-refractivity contribution in [3.8, 4) is 0 Å². The second kappa shape index (κ2) is 7.33. The zero-order valence-electron chi connectivity index (χ0n) is 11.3. The summed E-state index contributed by atoms with van der Waals surface area (Å²) < 4.78 is 5.45. The van der Waals surface area contributed by atoms with Gasteiger partial charge in [0.15, 0.2) is 0 Å². The number of hydrogen-bond donors (Lipinski definition) is 1. The van der Waals surface area contributed by atoms with Crippen LogP contribution in [0.25, 0.3) is 0 Å². The van der Waals surface area contributed by atoms with Crippen LogP contribution < -0.4 is 10.2 Å². The molecule has 0 aliphatic carbocycles. The van der Waals surface area contributed by atoms with E-state index in [1.165, 1.54) is 0 Å². The molecule has 1 rings (SSSR count). The first-order valence-electron chi connectivity index (χ1n) is 5.89. The number of anilines is 2. The predicted octanol–water partition coefficient (Wildman–Crippen LogP) is 1.68. The molecule has 0 saturated carbocycles. The van der Waals surface area contributed by atoms with Crippen LogP contribution in [0.3, 0.4) is 0 Å². The first kappa shape index (κ1) is 14.9. The molecule has 6 nitrogen and oxygen atoms in total. The van der Waals surface area contributed by atoms with E-state index in [2.05, 4.69) is 34.1 Å². The van der Waals surface area contributed by atoms with Crippen molar-refractivity contribution in [2.24, 2.45) is 5.92 Å². The maximum absolute atomic E-state index is 5.82. The van der Waals surface area contributed by atoms with Gasteiger partial charge in [0.25, 0.3) is 0 Å². The van der Waals surface area contributed by atoms with E-state index in [0.717, 1.165) is 6.61 Å². The fourth-order valence-electron chi connectivity index (χ4n) is 1.17. The third kappa shape index (κ3) is 5.46. The van der Waals surface area contributed by atoms with Crippen molar-refractivity contribution in [3.63, 3.8) is 0 Å². The third-order valence-electron chi connectivity index (χ3n) is 1.98. The van der Waals surface area contributed by atoms with Gasteiger partial charge in [-0.25, -0.2) is 0 Å². The molecule has 0 aromatic carbocycles. The van der Waals surface area contributed by atoms with Crippen molar-refractivity contribution in [2.75, 3.05) is 44.1 Å². The second-order valence-electron chi connectivity index (χ2n) is 4.52. The molecule has 0 saturated heterocycles. The van der Waals surface area contributed by atoms with E-state index in [1.54, 1.807) is 4.90 Å². The van der Waals surface area contributed by atoms with Gasteiger partial charge in [0.05, 0.1) is 6.61 Å². The fraction of sp³-hybridized carbons (Fsp3) is 0.727. The van der Waals surface area contributed by atoms with Crippen LogP contribution in [-0.4, -0.2) is 48.8 Å². The molecular weight excluding hydrogens is 254 g/mol. The van der Waals surface area contributed by atoms with Gasteiger partial charge in [-0.15, -0.1) is 0 Å². The van der Waals surface area contributed by atoms with E-state index in [1.807, 2.05) is 14.1 Å². The number of hydrogen-bond acceptors (Lipinski definition) is 6. The Morgan fingerprint density at radius 2 is 2.00 bits per heavy atom. The standard InChI is InChI=1S/C11H20ClN5O/c1-8(2)7-18-6-5-13-10-14-9(12)15-11(16-10)17(3)4/h8H,5-7H2,1-4H3,(H,13,14,15,16). The maximum atomic E-state index is 5.82. The summed E-state index contributed by atoms with van der Waals surface area (Å²) in [6.07, 6.45) is 0. The average molecular weight is 274 g/mol. The molecule has 7 heteroatoms. The van der Waals surface area contributed by atoms with Crippen LogP contribution in [0.1, 0.15) is 13.8 Å². The van der Waals surface area contributed by atoms with Crippen molar-refractivity contribution < 1.29 is 4.74 Å². The van der Waals surface area contributed by atoms with Crippen LogP contribution in [-0.2, 0) is 4.74 Å². The lowest BCUT2D eigenvalue weighted by molar-refractivity contribution is 0.118. The van der Waals surface area contributed by atoms with Crippen LogP contribution in [0.5, 0.6) is 0 Å². The van der Waals surface area contributed by atoms with E-state index >= 15 is 0 Å². The molecule has 0 unspecified atom stereocenters. The minimum absolute atomic E-state index is 0.180. The Hall–Kier alpha value is -1.14. The van der Waals surface area contributed by atoms with E-state index in [-0.39, 0.29) is 5.28 Å². The smallest absolute Gasteiger partial charge is 0.230 e. The monoisotopic (exact) mass is 273 g/mol. The zero-order valence-corrected chi connectivity index (χ0v) is 12.0. The van der Waals surface area contributed by atoms with Crippen molar-refractivity contribution in [1.29, 1.82) is 0 Å². The molecule has 0 atom stereocenters. The van der Waals surface area contributed by atoms with Gasteiger partial charge in [-0.3, -0.25) is 0 Å². The highest BCUT2D eigenvalue weighted by Gasteiger charge is 2.05. The van der Waals surface area contributed by atoms with Gasteiger partial charge in [-0.1, -0.05) is 13.8 Å². The first-order valence-corrected chi connectivity index (χ1v) is 6.27. The Bertz CT molecular complexity index is 372. The lowest BCUT2D eigenvalue weighted by Crippen LogP contribution is -2.17. The van der Waals surface area contributed by atoms with Crippen molar-refractivity contribution in [3.05, 3.63) is 5.28 Å². The molecule has 1 heterocycles. The minimum atomic E-state index is 0.180. The van der Waals surface area contributed by atoms with E-state index in [0.29, 0.717) is 31.0 Å². The van der Waals surface area contributed by atoms with Crippen LogP contribution in [0.2, 0.25) is 5.28 Å². The summed E-state index contributed by atoms with van der Waals surface area (Å²) in [5.74, 6) is 1.53. The Morgan fingerprint density at radius 3 is 2.61 bits per heavy atom. The van der Waals surface area contributed by atoms with Gasteiger partial charge in [-0.2, -0.15) is 15.0 Å². The average Bonchev–Trinajstić information content (AvgIpc) is 2.27. The first-order chi connectivity index (χ1) is 8.49. The molecule has 102 valence electrons. The van der Waals surface area contributed by atoms with Gasteiger partial charge in [0.2, 0.25) is 17.2 Å². The van der Waals surface area contributed by atoms with Crippen LogP contribution in [0.15, 0.2) is 0 Å². The van der Waals surface area contributed by atoms with Crippen molar-refractivity contribution >= 4 is 23.5 Å².